The predicted octanol–water partition coefficient (Wildman–Crippen LogP) is 2.99. The lowest BCUT2D eigenvalue weighted by Gasteiger charge is -2.15. The average Bonchev–Trinajstić information content (AvgIpc) is 2.49. The van der Waals surface area contributed by atoms with Crippen LogP contribution in [0.5, 0.6) is 0 Å². The quantitative estimate of drug-likeness (QED) is 0.636. The van der Waals surface area contributed by atoms with E-state index in [-0.39, 0.29) is 5.82 Å². The van der Waals surface area contributed by atoms with Crippen LogP contribution < -0.4 is 11.1 Å². The van der Waals surface area contributed by atoms with Gasteiger partial charge in [0.1, 0.15) is 5.82 Å². The van der Waals surface area contributed by atoms with Gasteiger partial charge in [0, 0.05) is 18.8 Å². The second-order valence-corrected chi connectivity index (χ2v) is 5.63. The van der Waals surface area contributed by atoms with Gasteiger partial charge in [-0.05, 0) is 49.4 Å². The summed E-state index contributed by atoms with van der Waals surface area (Å²) in [6.07, 6.45) is 0. The topological polar surface area (TPSA) is 53.6 Å². The Labute approximate surface area is 136 Å². The van der Waals surface area contributed by atoms with E-state index in [1.165, 1.54) is 17.7 Å². The van der Waals surface area contributed by atoms with Crippen LogP contribution in [-0.4, -0.2) is 31.0 Å². The zero-order valence-electron chi connectivity index (χ0n) is 13.6. The van der Waals surface area contributed by atoms with Gasteiger partial charge in [0.05, 0.1) is 6.54 Å². The molecule has 0 atom stereocenters. The van der Waals surface area contributed by atoms with Crippen LogP contribution in [-0.2, 0) is 6.54 Å². The average molecular weight is 314 g/mol. The minimum atomic E-state index is -0.212. The van der Waals surface area contributed by atoms with Crippen LogP contribution in [0.1, 0.15) is 11.1 Å². The summed E-state index contributed by atoms with van der Waals surface area (Å²) >= 11 is 0. The largest absolute Gasteiger partial charge is 0.370 e. The summed E-state index contributed by atoms with van der Waals surface area (Å²) in [7, 11) is 2.00. The Kier molecular flexibility index (Phi) is 6.11. The smallest absolute Gasteiger partial charge is 0.193 e. The summed E-state index contributed by atoms with van der Waals surface area (Å²) in [6.45, 7) is 4.15. The molecular formula is C18H23FN4. The third-order valence-corrected chi connectivity index (χ3v) is 3.42. The number of likely N-dealkylation sites (N-methyl/N-ethyl adjacent to an activating group) is 1. The van der Waals surface area contributed by atoms with E-state index in [2.05, 4.69) is 15.2 Å². The van der Waals surface area contributed by atoms with Crippen LogP contribution in [0.15, 0.2) is 53.5 Å². The maximum atomic E-state index is 12.9. The molecular weight excluding hydrogens is 291 g/mol. The minimum Gasteiger partial charge on any atom is -0.370 e. The van der Waals surface area contributed by atoms with Crippen molar-refractivity contribution in [2.45, 2.75) is 13.5 Å². The molecule has 0 bridgehead atoms. The summed E-state index contributed by atoms with van der Waals surface area (Å²) in [5.74, 6) is 0.196. The zero-order chi connectivity index (χ0) is 16.7. The highest BCUT2D eigenvalue weighted by molar-refractivity contribution is 5.92. The SMILES string of the molecule is Cc1cccc(NC(N)=NCCN(C)Cc2ccc(F)cc2)c1. The number of benzene rings is 2. The van der Waals surface area contributed by atoms with Crippen molar-refractivity contribution in [1.29, 1.82) is 0 Å². The Bertz CT molecular complexity index is 652. The van der Waals surface area contributed by atoms with Crippen molar-refractivity contribution >= 4 is 11.6 Å². The zero-order valence-corrected chi connectivity index (χ0v) is 13.6. The van der Waals surface area contributed by atoms with Crippen LogP contribution in [0.25, 0.3) is 0 Å². The molecule has 0 spiro atoms. The van der Waals surface area contributed by atoms with E-state index in [1.54, 1.807) is 12.1 Å². The van der Waals surface area contributed by atoms with Gasteiger partial charge in [-0.1, -0.05) is 24.3 Å². The molecule has 0 fully saturated rings. The van der Waals surface area contributed by atoms with Gasteiger partial charge in [-0.15, -0.1) is 0 Å². The molecule has 0 unspecified atom stereocenters. The molecule has 0 heterocycles. The lowest BCUT2D eigenvalue weighted by molar-refractivity contribution is 0.336. The number of anilines is 1. The highest BCUT2D eigenvalue weighted by atomic mass is 19.1. The fraction of sp³-hybridized carbons (Fsp3) is 0.278. The monoisotopic (exact) mass is 314 g/mol. The first-order valence-corrected chi connectivity index (χ1v) is 7.59. The van der Waals surface area contributed by atoms with Crippen molar-refractivity contribution in [3.63, 3.8) is 0 Å². The van der Waals surface area contributed by atoms with E-state index in [9.17, 15) is 4.39 Å². The first kappa shape index (κ1) is 17.0. The Morgan fingerprint density at radius 2 is 1.96 bits per heavy atom. The molecule has 3 N–H and O–H groups in total. The highest BCUT2D eigenvalue weighted by Crippen LogP contribution is 2.09. The van der Waals surface area contributed by atoms with Gasteiger partial charge in [-0.2, -0.15) is 0 Å². The fourth-order valence-electron chi connectivity index (χ4n) is 2.23. The Morgan fingerprint density at radius 1 is 1.22 bits per heavy atom. The summed E-state index contributed by atoms with van der Waals surface area (Å²) in [4.78, 5) is 6.45. The molecule has 0 amide bonds. The number of halogens is 1. The van der Waals surface area contributed by atoms with Crippen LogP contribution in [0.4, 0.5) is 10.1 Å². The second kappa shape index (κ2) is 8.29. The number of aryl methyl sites for hydroxylation is 1. The van der Waals surface area contributed by atoms with E-state index in [1.807, 2.05) is 38.2 Å². The van der Waals surface area contributed by atoms with Crippen molar-refractivity contribution in [3.8, 4) is 0 Å². The maximum Gasteiger partial charge on any atom is 0.193 e. The second-order valence-electron chi connectivity index (χ2n) is 5.63. The molecule has 0 aromatic heterocycles. The molecule has 23 heavy (non-hydrogen) atoms. The first-order valence-electron chi connectivity index (χ1n) is 7.59. The number of rotatable bonds is 6. The molecule has 0 aliphatic carbocycles. The van der Waals surface area contributed by atoms with Gasteiger partial charge in [0.2, 0.25) is 0 Å². The maximum absolute atomic E-state index is 12.9. The van der Waals surface area contributed by atoms with Gasteiger partial charge in [0.25, 0.3) is 0 Å². The van der Waals surface area contributed by atoms with Gasteiger partial charge >= 0.3 is 0 Å². The van der Waals surface area contributed by atoms with Crippen LogP contribution in [0, 0.1) is 12.7 Å². The molecule has 2 aromatic carbocycles. The number of nitrogens with zero attached hydrogens (tertiary/aromatic N) is 2. The van der Waals surface area contributed by atoms with Crippen LogP contribution in [0.2, 0.25) is 0 Å². The van der Waals surface area contributed by atoms with E-state index in [0.717, 1.165) is 24.3 Å². The lowest BCUT2D eigenvalue weighted by atomic mass is 10.2. The van der Waals surface area contributed by atoms with E-state index >= 15 is 0 Å². The molecule has 0 aliphatic heterocycles. The Morgan fingerprint density at radius 3 is 2.65 bits per heavy atom. The van der Waals surface area contributed by atoms with Crippen molar-refractivity contribution in [2.75, 3.05) is 25.5 Å². The third-order valence-electron chi connectivity index (χ3n) is 3.42. The lowest BCUT2D eigenvalue weighted by Crippen LogP contribution is -2.26. The van der Waals surface area contributed by atoms with Gasteiger partial charge in [-0.25, -0.2) is 4.39 Å². The van der Waals surface area contributed by atoms with E-state index < -0.39 is 0 Å². The summed E-state index contributed by atoms with van der Waals surface area (Å²) in [5, 5.41) is 3.08. The Balaban J connectivity index is 1.77. The Hall–Kier alpha value is -2.40. The summed E-state index contributed by atoms with van der Waals surface area (Å²) < 4.78 is 12.9. The van der Waals surface area contributed by atoms with Gasteiger partial charge in [0.15, 0.2) is 5.96 Å². The van der Waals surface area contributed by atoms with Gasteiger partial charge < -0.3 is 16.0 Å². The number of aliphatic imine (C=N–C) groups is 1. The molecule has 5 heteroatoms. The van der Waals surface area contributed by atoms with Crippen LogP contribution in [0.3, 0.4) is 0 Å². The number of nitrogens with one attached hydrogen (secondary N) is 1. The van der Waals surface area contributed by atoms with Crippen molar-refractivity contribution in [2.24, 2.45) is 10.7 Å². The summed E-state index contributed by atoms with van der Waals surface area (Å²) in [5.41, 5.74) is 9.07. The van der Waals surface area contributed by atoms with Crippen molar-refractivity contribution < 1.29 is 4.39 Å². The normalized spacial score (nSPS) is 11.7. The summed E-state index contributed by atoms with van der Waals surface area (Å²) in [6, 6.07) is 14.5. The number of hydrogen-bond donors (Lipinski definition) is 2. The number of nitrogens with two attached hydrogens (primary N) is 1. The standard InChI is InChI=1S/C18H23FN4/c1-14-4-3-5-17(12-14)22-18(20)21-10-11-23(2)13-15-6-8-16(19)9-7-15/h3-9,12H,10-11,13H2,1-2H3,(H3,20,21,22). The third kappa shape index (κ3) is 6.08. The molecule has 4 nitrogen and oxygen atoms in total. The van der Waals surface area contributed by atoms with E-state index in [0.29, 0.717) is 12.5 Å². The van der Waals surface area contributed by atoms with Crippen molar-refractivity contribution in [1.82, 2.24) is 4.90 Å². The van der Waals surface area contributed by atoms with Gasteiger partial charge in [-0.3, -0.25) is 4.99 Å². The first-order chi connectivity index (χ1) is 11.0. The van der Waals surface area contributed by atoms with Crippen molar-refractivity contribution in [3.05, 3.63) is 65.5 Å². The molecule has 0 radical (unpaired) electrons. The minimum absolute atomic E-state index is 0.212. The number of guanidine groups is 1. The number of hydrogen-bond acceptors (Lipinski definition) is 2. The predicted molar refractivity (Wildman–Crippen MR) is 94.0 cm³/mol. The highest BCUT2D eigenvalue weighted by Gasteiger charge is 2.01. The molecule has 0 aliphatic rings. The molecule has 122 valence electrons. The molecule has 2 aromatic rings. The fourth-order valence-corrected chi connectivity index (χ4v) is 2.23. The van der Waals surface area contributed by atoms with E-state index in [4.69, 9.17) is 5.73 Å². The molecule has 0 saturated carbocycles. The molecule has 2 rings (SSSR count). The van der Waals surface area contributed by atoms with Crippen LogP contribution >= 0.6 is 0 Å². The molecule has 0 saturated heterocycles.